The topological polar surface area (TPSA) is 75.1 Å². The van der Waals surface area contributed by atoms with E-state index < -0.39 is 17.6 Å². The monoisotopic (exact) mass is 565 g/mol. The Bertz CT molecular complexity index is 1360. The largest absolute Gasteiger partial charge is 0.497 e. The second-order valence-corrected chi connectivity index (χ2v) is 11.6. The van der Waals surface area contributed by atoms with Crippen molar-refractivity contribution < 1.29 is 23.8 Å². The van der Waals surface area contributed by atoms with Crippen molar-refractivity contribution in [2.45, 2.75) is 38.4 Å². The van der Waals surface area contributed by atoms with Crippen LogP contribution in [0.4, 0.5) is 4.39 Å². The van der Waals surface area contributed by atoms with Crippen molar-refractivity contribution in [1.29, 1.82) is 0 Å². The fraction of sp³-hybridized carbons (Fsp3) is 0.484. The van der Waals surface area contributed by atoms with Gasteiger partial charge in [-0.3, -0.25) is 19.6 Å². The molecular formula is C31H36FN3O4S. The molecule has 9 heteroatoms. The van der Waals surface area contributed by atoms with Crippen LogP contribution in [0.5, 0.6) is 5.75 Å². The Balaban J connectivity index is 1.31. The molecule has 0 bridgehead atoms. The molecule has 2 aliphatic rings. The number of nitrogens with zero attached hydrogens (tertiary/aromatic N) is 3. The van der Waals surface area contributed by atoms with E-state index in [9.17, 15) is 9.90 Å². The summed E-state index contributed by atoms with van der Waals surface area (Å²) in [4.78, 5) is 22.6. The van der Waals surface area contributed by atoms with Crippen LogP contribution >= 0.6 is 11.3 Å². The minimum atomic E-state index is -1.32. The first-order valence-electron chi connectivity index (χ1n) is 13.9. The maximum atomic E-state index is 16.3. The summed E-state index contributed by atoms with van der Waals surface area (Å²) in [6.45, 7) is 5.33. The molecule has 0 aliphatic carbocycles. The van der Waals surface area contributed by atoms with E-state index in [0.29, 0.717) is 69.1 Å². The third kappa shape index (κ3) is 6.64. The van der Waals surface area contributed by atoms with Crippen LogP contribution < -0.4 is 4.74 Å². The first-order chi connectivity index (χ1) is 19.5. The Hall–Kier alpha value is -3.03. The lowest BCUT2D eigenvalue weighted by Crippen LogP contribution is -2.44. The van der Waals surface area contributed by atoms with Crippen LogP contribution in [0.25, 0.3) is 10.9 Å². The maximum absolute atomic E-state index is 16.3. The Morgan fingerprint density at radius 1 is 1.23 bits per heavy atom. The summed E-state index contributed by atoms with van der Waals surface area (Å²) in [5.41, 5.74) is 1.19. The quantitative estimate of drug-likeness (QED) is 0.360. The molecule has 0 saturated carbocycles. The molecule has 1 aromatic carbocycles. The number of carbonyl (C=O) groups is 1. The molecule has 40 heavy (non-hydrogen) atoms. The zero-order valence-corrected chi connectivity index (χ0v) is 23.7. The Morgan fingerprint density at radius 2 is 2.02 bits per heavy atom. The van der Waals surface area contributed by atoms with Gasteiger partial charge in [-0.05, 0) is 60.9 Å². The maximum Gasteiger partial charge on any atom is 0.309 e. The summed E-state index contributed by atoms with van der Waals surface area (Å²) in [6.07, 6.45) is 1.84. The minimum absolute atomic E-state index is 0.136. The van der Waals surface area contributed by atoms with Crippen molar-refractivity contribution in [1.82, 2.24) is 14.8 Å². The summed E-state index contributed by atoms with van der Waals surface area (Å²) >= 11 is 1.61. The number of hydrogen-bond donors (Lipinski definition) is 1. The molecule has 0 amide bonds. The molecule has 1 N–H and O–H groups in total. The number of carboxylic acid groups (broad SMARTS) is 1. The number of alkyl halides is 1. The normalized spacial score (nSPS) is 18.6. The van der Waals surface area contributed by atoms with Gasteiger partial charge in [-0.15, -0.1) is 11.3 Å². The number of hydrogen-bond acceptors (Lipinski definition) is 7. The average Bonchev–Trinajstić information content (AvgIpc) is 3.50. The Labute approximate surface area is 238 Å². The highest BCUT2D eigenvalue weighted by Crippen LogP contribution is 2.41. The van der Waals surface area contributed by atoms with E-state index in [4.69, 9.17) is 9.47 Å². The number of pyridine rings is 1. The molecule has 2 aliphatic heterocycles. The van der Waals surface area contributed by atoms with Gasteiger partial charge in [0.15, 0.2) is 0 Å². The van der Waals surface area contributed by atoms with E-state index in [1.807, 2.05) is 35.7 Å². The number of methoxy groups -OCH3 is 1. The predicted molar refractivity (Wildman–Crippen MR) is 154 cm³/mol. The van der Waals surface area contributed by atoms with Gasteiger partial charge in [-0.2, -0.15) is 0 Å². The number of fused-ring (bicyclic) bond motifs is 1. The minimum Gasteiger partial charge on any atom is -0.497 e. The number of carboxylic acids is 1. The second kappa shape index (κ2) is 13.1. The lowest BCUT2D eigenvalue weighted by molar-refractivity contribution is -0.152. The van der Waals surface area contributed by atoms with Crippen LogP contribution in [-0.2, 0) is 16.1 Å². The van der Waals surface area contributed by atoms with Crippen LogP contribution in [0.2, 0.25) is 0 Å². The van der Waals surface area contributed by atoms with Crippen molar-refractivity contribution in [2.75, 3.05) is 53.0 Å². The van der Waals surface area contributed by atoms with Crippen LogP contribution in [0, 0.1) is 17.3 Å². The zero-order valence-electron chi connectivity index (χ0n) is 22.9. The van der Waals surface area contributed by atoms with E-state index in [2.05, 4.69) is 26.6 Å². The van der Waals surface area contributed by atoms with E-state index in [1.54, 1.807) is 24.6 Å². The molecule has 0 radical (unpaired) electrons. The van der Waals surface area contributed by atoms with Gasteiger partial charge in [0, 0.05) is 49.9 Å². The number of benzene rings is 1. The first kappa shape index (κ1) is 28.5. The highest BCUT2D eigenvalue weighted by atomic mass is 32.1. The zero-order chi connectivity index (χ0) is 28.0. The number of aromatic nitrogens is 1. The highest BCUT2D eigenvalue weighted by Gasteiger charge is 2.41. The summed E-state index contributed by atoms with van der Waals surface area (Å²) in [5.74, 6) is 6.18. The molecule has 2 saturated heterocycles. The fourth-order valence-corrected chi connectivity index (χ4v) is 6.29. The molecular weight excluding hydrogens is 529 g/mol. The number of aliphatic carboxylic acids is 1. The van der Waals surface area contributed by atoms with Gasteiger partial charge in [-0.25, -0.2) is 4.39 Å². The molecule has 212 valence electrons. The van der Waals surface area contributed by atoms with Gasteiger partial charge in [0.05, 0.1) is 42.7 Å². The van der Waals surface area contributed by atoms with E-state index in [-0.39, 0.29) is 12.8 Å². The lowest BCUT2D eigenvalue weighted by Gasteiger charge is -2.38. The van der Waals surface area contributed by atoms with Gasteiger partial charge in [0.25, 0.3) is 0 Å². The highest BCUT2D eigenvalue weighted by molar-refractivity contribution is 7.10. The molecule has 3 aromatic rings. The van der Waals surface area contributed by atoms with Gasteiger partial charge in [-0.1, -0.05) is 17.9 Å². The van der Waals surface area contributed by atoms with Gasteiger partial charge in [0.1, 0.15) is 11.9 Å². The number of rotatable bonds is 9. The molecule has 1 unspecified atom stereocenters. The number of morpholine rings is 1. The summed E-state index contributed by atoms with van der Waals surface area (Å²) in [6, 6.07) is 9.48. The van der Waals surface area contributed by atoms with E-state index >= 15 is 4.39 Å². The second-order valence-electron chi connectivity index (χ2n) is 10.6. The van der Waals surface area contributed by atoms with Gasteiger partial charge < -0.3 is 14.6 Å². The van der Waals surface area contributed by atoms with E-state index in [1.165, 1.54) is 0 Å². The van der Waals surface area contributed by atoms with Crippen LogP contribution in [0.3, 0.4) is 0 Å². The van der Waals surface area contributed by atoms with Crippen LogP contribution in [-0.4, -0.2) is 78.9 Å². The SMILES string of the molecule is COc1ccc2ncc(CN3CCOCC3)c(C(F)CCC3(C(=O)O)CCN(CC#Cc4cccs4)CC3)c2c1. The third-order valence-corrected chi connectivity index (χ3v) is 8.97. The molecule has 2 fully saturated rings. The van der Waals surface area contributed by atoms with Crippen molar-refractivity contribution in [3.8, 4) is 17.6 Å². The molecule has 4 heterocycles. The molecule has 1 atom stereocenters. The van der Waals surface area contributed by atoms with Gasteiger partial charge in [0.2, 0.25) is 0 Å². The number of ether oxygens (including phenoxy) is 2. The molecule has 2 aromatic heterocycles. The lowest BCUT2D eigenvalue weighted by atomic mass is 9.74. The molecule has 0 spiro atoms. The predicted octanol–water partition coefficient (Wildman–Crippen LogP) is 5.15. The van der Waals surface area contributed by atoms with Crippen LogP contribution in [0.1, 0.15) is 47.9 Å². The van der Waals surface area contributed by atoms with Crippen LogP contribution in [0.15, 0.2) is 41.9 Å². The van der Waals surface area contributed by atoms with Crippen molar-refractivity contribution >= 4 is 28.2 Å². The average molecular weight is 566 g/mol. The van der Waals surface area contributed by atoms with Gasteiger partial charge >= 0.3 is 5.97 Å². The number of piperidine rings is 1. The smallest absolute Gasteiger partial charge is 0.309 e. The number of halogens is 1. The van der Waals surface area contributed by atoms with Crippen molar-refractivity contribution in [3.63, 3.8) is 0 Å². The number of thiophene rings is 1. The first-order valence-corrected chi connectivity index (χ1v) is 14.7. The fourth-order valence-electron chi connectivity index (χ4n) is 5.70. The summed E-state index contributed by atoms with van der Waals surface area (Å²) in [7, 11) is 1.59. The Morgan fingerprint density at radius 3 is 2.73 bits per heavy atom. The van der Waals surface area contributed by atoms with E-state index in [0.717, 1.165) is 28.9 Å². The Kier molecular flexibility index (Phi) is 9.33. The summed E-state index contributed by atoms with van der Waals surface area (Å²) < 4.78 is 27.3. The molecule has 7 nitrogen and oxygen atoms in total. The van der Waals surface area contributed by atoms with Crippen molar-refractivity contribution in [2.24, 2.45) is 5.41 Å². The third-order valence-electron chi connectivity index (χ3n) is 8.19. The number of likely N-dealkylation sites (tertiary alicyclic amines) is 1. The van der Waals surface area contributed by atoms with Crippen molar-refractivity contribution in [3.05, 3.63) is 57.9 Å². The molecule has 5 rings (SSSR count). The standard InChI is InChI=1S/C31H36FN3O4S/c1-38-24-6-7-28-26(20-24)29(23(21-33-28)22-35-15-17-39-18-16-35)27(32)8-9-31(30(36)37)10-13-34(14-11-31)12-2-4-25-5-3-19-40-25/h3,5-7,19-21,27H,8-18,22H2,1H3,(H,36,37). The summed E-state index contributed by atoms with van der Waals surface area (Å²) in [5, 5.41) is 13.0.